The SMILES string of the molecule is COc1ccc(-c2nc3sc(C)cc3c(=O)[nH]2)cc1OC. The van der Waals surface area contributed by atoms with Crippen LogP contribution < -0.4 is 15.0 Å². The Kier molecular flexibility index (Phi) is 3.39. The van der Waals surface area contributed by atoms with Crippen molar-refractivity contribution in [1.82, 2.24) is 9.97 Å². The van der Waals surface area contributed by atoms with Crippen LogP contribution in [0.3, 0.4) is 0 Å². The molecule has 3 aromatic rings. The Morgan fingerprint density at radius 3 is 2.62 bits per heavy atom. The summed E-state index contributed by atoms with van der Waals surface area (Å²) in [7, 11) is 3.15. The molecule has 0 fully saturated rings. The molecular formula is C15H14N2O3S. The van der Waals surface area contributed by atoms with Crippen LogP contribution >= 0.6 is 11.3 Å². The number of aryl methyl sites for hydroxylation is 1. The zero-order chi connectivity index (χ0) is 15.0. The van der Waals surface area contributed by atoms with Crippen molar-refractivity contribution in [3.63, 3.8) is 0 Å². The lowest BCUT2D eigenvalue weighted by molar-refractivity contribution is 0.355. The van der Waals surface area contributed by atoms with Gasteiger partial charge in [-0.25, -0.2) is 4.98 Å². The minimum absolute atomic E-state index is 0.130. The molecular weight excluding hydrogens is 288 g/mol. The van der Waals surface area contributed by atoms with Gasteiger partial charge in [0.25, 0.3) is 5.56 Å². The smallest absolute Gasteiger partial charge is 0.259 e. The van der Waals surface area contributed by atoms with Crippen molar-refractivity contribution in [2.24, 2.45) is 0 Å². The molecule has 6 heteroatoms. The first-order valence-corrected chi connectivity index (χ1v) is 7.17. The summed E-state index contributed by atoms with van der Waals surface area (Å²) in [6.45, 7) is 1.96. The fraction of sp³-hybridized carbons (Fsp3) is 0.200. The summed E-state index contributed by atoms with van der Waals surface area (Å²) in [5.41, 5.74) is 0.645. The lowest BCUT2D eigenvalue weighted by Crippen LogP contribution is -2.08. The lowest BCUT2D eigenvalue weighted by Gasteiger charge is -2.09. The first kappa shape index (κ1) is 13.6. The summed E-state index contributed by atoms with van der Waals surface area (Å²) < 4.78 is 10.5. The van der Waals surface area contributed by atoms with Crippen molar-refractivity contribution in [3.05, 3.63) is 39.5 Å². The van der Waals surface area contributed by atoms with Crippen LogP contribution in [-0.2, 0) is 0 Å². The van der Waals surface area contributed by atoms with E-state index in [9.17, 15) is 4.79 Å². The van der Waals surface area contributed by atoms with Crippen molar-refractivity contribution in [2.75, 3.05) is 14.2 Å². The van der Waals surface area contributed by atoms with E-state index in [1.54, 1.807) is 26.4 Å². The number of nitrogens with one attached hydrogen (secondary N) is 1. The van der Waals surface area contributed by atoms with Crippen LogP contribution in [0.2, 0.25) is 0 Å². The minimum Gasteiger partial charge on any atom is -0.493 e. The van der Waals surface area contributed by atoms with Crippen LogP contribution in [0.5, 0.6) is 11.5 Å². The summed E-state index contributed by atoms with van der Waals surface area (Å²) in [4.78, 5) is 21.3. The normalized spacial score (nSPS) is 10.8. The highest BCUT2D eigenvalue weighted by Crippen LogP contribution is 2.31. The topological polar surface area (TPSA) is 64.2 Å². The number of aromatic nitrogens is 2. The Morgan fingerprint density at radius 2 is 1.90 bits per heavy atom. The second-order valence-corrected chi connectivity index (χ2v) is 5.79. The second kappa shape index (κ2) is 5.21. The number of thiophene rings is 1. The van der Waals surface area contributed by atoms with Crippen LogP contribution in [0.15, 0.2) is 29.1 Å². The molecule has 5 nitrogen and oxygen atoms in total. The second-order valence-electron chi connectivity index (χ2n) is 4.56. The van der Waals surface area contributed by atoms with Gasteiger partial charge in [0.15, 0.2) is 11.5 Å². The molecule has 0 radical (unpaired) electrons. The molecule has 1 aromatic carbocycles. The van der Waals surface area contributed by atoms with Crippen LogP contribution in [0.1, 0.15) is 4.88 Å². The van der Waals surface area contributed by atoms with Gasteiger partial charge in [0, 0.05) is 10.4 Å². The van der Waals surface area contributed by atoms with E-state index in [4.69, 9.17) is 9.47 Å². The quantitative estimate of drug-likeness (QED) is 0.808. The maximum absolute atomic E-state index is 12.1. The molecule has 0 saturated heterocycles. The molecule has 0 aliphatic heterocycles. The molecule has 21 heavy (non-hydrogen) atoms. The molecule has 3 rings (SSSR count). The maximum atomic E-state index is 12.1. The van der Waals surface area contributed by atoms with Gasteiger partial charge in [-0.2, -0.15) is 0 Å². The number of H-pyrrole nitrogens is 1. The summed E-state index contributed by atoms with van der Waals surface area (Å²) in [6, 6.07) is 7.28. The van der Waals surface area contributed by atoms with E-state index in [-0.39, 0.29) is 5.56 Å². The van der Waals surface area contributed by atoms with Crippen molar-refractivity contribution < 1.29 is 9.47 Å². The fourth-order valence-corrected chi connectivity index (χ4v) is 3.05. The molecule has 0 aliphatic rings. The van der Waals surface area contributed by atoms with Gasteiger partial charge in [-0.05, 0) is 31.2 Å². The zero-order valence-corrected chi connectivity index (χ0v) is 12.7. The molecule has 0 amide bonds. The van der Waals surface area contributed by atoms with Gasteiger partial charge in [-0.15, -0.1) is 11.3 Å². The molecule has 0 saturated carbocycles. The molecule has 108 valence electrons. The highest BCUT2D eigenvalue weighted by Gasteiger charge is 2.11. The Morgan fingerprint density at radius 1 is 1.14 bits per heavy atom. The molecule has 0 unspecified atom stereocenters. The number of hydrogen-bond acceptors (Lipinski definition) is 5. The maximum Gasteiger partial charge on any atom is 0.259 e. The van der Waals surface area contributed by atoms with E-state index in [1.807, 2.05) is 19.1 Å². The van der Waals surface area contributed by atoms with Crippen LogP contribution in [0.25, 0.3) is 21.6 Å². The van der Waals surface area contributed by atoms with Crippen LogP contribution in [0.4, 0.5) is 0 Å². The molecule has 2 aromatic heterocycles. The summed E-state index contributed by atoms with van der Waals surface area (Å²) in [6.07, 6.45) is 0. The van der Waals surface area contributed by atoms with Crippen molar-refractivity contribution in [2.45, 2.75) is 6.92 Å². The average Bonchev–Trinajstić information content (AvgIpc) is 2.87. The average molecular weight is 302 g/mol. The number of hydrogen-bond donors (Lipinski definition) is 1. The Bertz CT molecular complexity index is 867. The highest BCUT2D eigenvalue weighted by molar-refractivity contribution is 7.18. The van der Waals surface area contributed by atoms with Crippen molar-refractivity contribution in [1.29, 1.82) is 0 Å². The fourth-order valence-electron chi connectivity index (χ4n) is 2.17. The lowest BCUT2D eigenvalue weighted by atomic mass is 10.2. The van der Waals surface area contributed by atoms with E-state index in [2.05, 4.69) is 9.97 Å². The Labute approximate surface area is 125 Å². The number of nitrogens with zero attached hydrogens (tertiary/aromatic N) is 1. The van der Waals surface area contributed by atoms with E-state index >= 15 is 0 Å². The third-order valence-electron chi connectivity index (χ3n) is 3.18. The van der Waals surface area contributed by atoms with E-state index in [0.29, 0.717) is 22.7 Å². The van der Waals surface area contributed by atoms with Gasteiger partial charge in [-0.1, -0.05) is 0 Å². The molecule has 0 aliphatic carbocycles. The predicted molar refractivity (Wildman–Crippen MR) is 83.5 cm³/mol. The predicted octanol–water partition coefficient (Wildman–Crippen LogP) is 2.98. The monoisotopic (exact) mass is 302 g/mol. The van der Waals surface area contributed by atoms with Crippen molar-refractivity contribution >= 4 is 21.6 Å². The number of rotatable bonds is 3. The first-order chi connectivity index (χ1) is 10.1. The van der Waals surface area contributed by atoms with Gasteiger partial charge in [0.1, 0.15) is 10.7 Å². The minimum atomic E-state index is -0.130. The largest absolute Gasteiger partial charge is 0.493 e. The number of methoxy groups -OCH3 is 2. The van der Waals surface area contributed by atoms with Crippen molar-refractivity contribution in [3.8, 4) is 22.9 Å². The molecule has 2 heterocycles. The molecule has 0 bridgehead atoms. The van der Waals surface area contributed by atoms with E-state index < -0.39 is 0 Å². The van der Waals surface area contributed by atoms with E-state index in [0.717, 1.165) is 15.3 Å². The zero-order valence-electron chi connectivity index (χ0n) is 11.9. The Hall–Kier alpha value is -2.34. The number of fused-ring (bicyclic) bond motifs is 1. The number of ether oxygens (including phenoxy) is 2. The third kappa shape index (κ3) is 2.38. The number of aromatic amines is 1. The summed E-state index contributed by atoms with van der Waals surface area (Å²) in [5.74, 6) is 1.76. The summed E-state index contributed by atoms with van der Waals surface area (Å²) in [5, 5.41) is 0.627. The van der Waals surface area contributed by atoms with Gasteiger partial charge in [-0.3, -0.25) is 4.79 Å². The third-order valence-corrected chi connectivity index (χ3v) is 4.13. The van der Waals surface area contributed by atoms with Gasteiger partial charge < -0.3 is 14.5 Å². The van der Waals surface area contributed by atoms with Crippen LogP contribution in [0, 0.1) is 6.92 Å². The van der Waals surface area contributed by atoms with Crippen LogP contribution in [-0.4, -0.2) is 24.2 Å². The van der Waals surface area contributed by atoms with Gasteiger partial charge in [0.05, 0.1) is 19.6 Å². The molecule has 0 atom stereocenters. The standard InChI is InChI=1S/C15H14N2O3S/c1-8-6-10-14(18)16-13(17-15(10)21-8)9-4-5-11(19-2)12(7-9)20-3/h4-7H,1-3H3,(H,16,17,18). The molecule has 0 spiro atoms. The first-order valence-electron chi connectivity index (χ1n) is 6.35. The highest BCUT2D eigenvalue weighted by atomic mass is 32.1. The van der Waals surface area contributed by atoms with Gasteiger partial charge in [0.2, 0.25) is 0 Å². The molecule has 1 N–H and O–H groups in total. The number of benzene rings is 1. The Balaban J connectivity index is 2.18. The van der Waals surface area contributed by atoms with Gasteiger partial charge >= 0.3 is 0 Å². The summed E-state index contributed by atoms with van der Waals surface area (Å²) >= 11 is 1.51. The van der Waals surface area contributed by atoms with E-state index in [1.165, 1.54) is 11.3 Å².